The van der Waals surface area contributed by atoms with Crippen molar-refractivity contribution in [3.05, 3.63) is 0 Å². The van der Waals surface area contributed by atoms with Gasteiger partial charge < -0.3 is 10.0 Å². The summed E-state index contributed by atoms with van der Waals surface area (Å²) < 4.78 is 0. The Balaban J connectivity index is 2.32. The van der Waals surface area contributed by atoms with Crippen LogP contribution in [0, 0.1) is 0 Å². The van der Waals surface area contributed by atoms with Gasteiger partial charge in [0.25, 0.3) is 0 Å². The summed E-state index contributed by atoms with van der Waals surface area (Å²) in [6.07, 6.45) is 2.16. The van der Waals surface area contributed by atoms with Gasteiger partial charge in [0.05, 0.1) is 0 Å². The van der Waals surface area contributed by atoms with Crippen molar-refractivity contribution in [1.29, 1.82) is 0 Å². The summed E-state index contributed by atoms with van der Waals surface area (Å²) in [6.45, 7) is 10.6. The Morgan fingerprint density at radius 3 is 2.64 bits per heavy atom. The van der Waals surface area contributed by atoms with Crippen molar-refractivity contribution in [2.75, 3.05) is 39.3 Å². The highest BCUT2D eigenvalue weighted by Crippen LogP contribution is 2.12. The molecule has 1 atom stereocenters. The highest BCUT2D eigenvalue weighted by atomic mass is 16.3. The first-order valence-electron chi connectivity index (χ1n) is 5.89. The minimum Gasteiger partial charge on any atom is -0.396 e. The molecule has 1 aliphatic heterocycles. The maximum absolute atomic E-state index is 8.78. The third-order valence-corrected chi connectivity index (χ3v) is 3.20. The summed E-state index contributed by atoms with van der Waals surface area (Å²) in [5.74, 6) is 0. The highest BCUT2D eigenvalue weighted by Gasteiger charge is 2.23. The SMILES string of the molecule is CCC1CN(CCCO)CCN1CC. The van der Waals surface area contributed by atoms with E-state index in [-0.39, 0.29) is 0 Å². The van der Waals surface area contributed by atoms with Gasteiger partial charge in [-0.3, -0.25) is 4.90 Å². The predicted octanol–water partition coefficient (Wildman–Crippen LogP) is 0.785. The van der Waals surface area contributed by atoms with Crippen LogP contribution in [0.2, 0.25) is 0 Å². The molecule has 1 rings (SSSR count). The molecule has 1 unspecified atom stereocenters. The summed E-state index contributed by atoms with van der Waals surface area (Å²) >= 11 is 0. The second-order valence-corrected chi connectivity index (χ2v) is 4.07. The molecular weight excluding hydrogens is 176 g/mol. The first-order chi connectivity index (χ1) is 6.81. The molecule has 0 aromatic carbocycles. The van der Waals surface area contributed by atoms with Gasteiger partial charge >= 0.3 is 0 Å². The molecular formula is C11H24N2O. The number of nitrogens with zero attached hydrogens (tertiary/aromatic N) is 2. The zero-order valence-electron chi connectivity index (χ0n) is 9.58. The molecule has 0 amide bonds. The maximum atomic E-state index is 8.78. The minimum atomic E-state index is 0.324. The lowest BCUT2D eigenvalue weighted by atomic mass is 10.1. The van der Waals surface area contributed by atoms with Gasteiger partial charge in [-0.1, -0.05) is 13.8 Å². The van der Waals surface area contributed by atoms with E-state index in [0.717, 1.165) is 19.0 Å². The van der Waals surface area contributed by atoms with E-state index in [1.54, 1.807) is 0 Å². The molecule has 0 saturated carbocycles. The van der Waals surface area contributed by atoms with Gasteiger partial charge in [-0.25, -0.2) is 0 Å². The van der Waals surface area contributed by atoms with Crippen LogP contribution in [0.25, 0.3) is 0 Å². The lowest BCUT2D eigenvalue weighted by Gasteiger charge is -2.40. The number of rotatable bonds is 5. The van der Waals surface area contributed by atoms with Gasteiger partial charge in [0, 0.05) is 38.8 Å². The summed E-state index contributed by atoms with van der Waals surface area (Å²) in [4.78, 5) is 5.05. The number of piperazine rings is 1. The lowest BCUT2D eigenvalue weighted by molar-refractivity contribution is 0.0724. The zero-order valence-corrected chi connectivity index (χ0v) is 9.58. The van der Waals surface area contributed by atoms with Crippen LogP contribution in [0.4, 0.5) is 0 Å². The molecule has 3 heteroatoms. The predicted molar refractivity (Wildman–Crippen MR) is 59.5 cm³/mol. The van der Waals surface area contributed by atoms with Crippen LogP contribution in [-0.4, -0.2) is 60.3 Å². The molecule has 0 aliphatic carbocycles. The molecule has 14 heavy (non-hydrogen) atoms. The van der Waals surface area contributed by atoms with Crippen molar-refractivity contribution < 1.29 is 5.11 Å². The molecule has 84 valence electrons. The Kier molecular flexibility index (Phi) is 5.45. The van der Waals surface area contributed by atoms with Crippen molar-refractivity contribution in [2.24, 2.45) is 0 Å². The summed E-state index contributed by atoms with van der Waals surface area (Å²) in [6, 6.07) is 0.729. The molecule has 0 radical (unpaired) electrons. The normalized spacial score (nSPS) is 25.5. The van der Waals surface area contributed by atoms with Gasteiger partial charge in [-0.2, -0.15) is 0 Å². The molecule has 1 aliphatic rings. The molecule has 1 heterocycles. The lowest BCUT2D eigenvalue weighted by Crippen LogP contribution is -2.52. The minimum absolute atomic E-state index is 0.324. The van der Waals surface area contributed by atoms with Crippen molar-refractivity contribution in [2.45, 2.75) is 32.7 Å². The summed E-state index contributed by atoms with van der Waals surface area (Å²) in [5, 5.41) is 8.78. The standard InChI is InChI=1S/C11H24N2O/c1-3-11-10-12(6-5-9-14)7-8-13(11)4-2/h11,14H,3-10H2,1-2H3. The first-order valence-corrected chi connectivity index (χ1v) is 5.89. The van der Waals surface area contributed by atoms with Crippen LogP contribution in [0.1, 0.15) is 26.7 Å². The molecule has 0 aromatic rings. The van der Waals surface area contributed by atoms with Gasteiger partial charge in [0.15, 0.2) is 0 Å². The van der Waals surface area contributed by atoms with Crippen molar-refractivity contribution in [3.8, 4) is 0 Å². The Morgan fingerprint density at radius 2 is 2.07 bits per heavy atom. The Morgan fingerprint density at radius 1 is 1.29 bits per heavy atom. The van der Waals surface area contributed by atoms with Gasteiger partial charge in [0.2, 0.25) is 0 Å². The van der Waals surface area contributed by atoms with E-state index in [4.69, 9.17) is 5.11 Å². The molecule has 3 nitrogen and oxygen atoms in total. The second kappa shape index (κ2) is 6.38. The molecule has 0 spiro atoms. The zero-order chi connectivity index (χ0) is 10.4. The molecule has 1 fully saturated rings. The average molecular weight is 200 g/mol. The van der Waals surface area contributed by atoms with E-state index in [2.05, 4.69) is 23.6 Å². The molecule has 0 aromatic heterocycles. The maximum Gasteiger partial charge on any atom is 0.0443 e. The number of hydrogen-bond donors (Lipinski definition) is 1. The van der Waals surface area contributed by atoms with Crippen LogP contribution in [0.3, 0.4) is 0 Å². The topological polar surface area (TPSA) is 26.7 Å². The van der Waals surface area contributed by atoms with E-state index >= 15 is 0 Å². The van der Waals surface area contributed by atoms with Crippen LogP contribution >= 0.6 is 0 Å². The van der Waals surface area contributed by atoms with E-state index in [0.29, 0.717) is 6.61 Å². The van der Waals surface area contributed by atoms with E-state index in [1.165, 1.54) is 32.6 Å². The average Bonchev–Trinajstić information content (AvgIpc) is 2.25. The van der Waals surface area contributed by atoms with Gasteiger partial charge in [-0.05, 0) is 19.4 Å². The Hall–Kier alpha value is -0.120. The van der Waals surface area contributed by atoms with Crippen molar-refractivity contribution in [1.82, 2.24) is 9.80 Å². The third kappa shape index (κ3) is 3.23. The fourth-order valence-corrected chi connectivity index (χ4v) is 2.26. The number of likely N-dealkylation sites (N-methyl/N-ethyl adjacent to an activating group) is 1. The van der Waals surface area contributed by atoms with Crippen molar-refractivity contribution >= 4 is 0 Å². The van der Waals surface area contributed by atoms with Crippen LogP contribution in [0.15, 0.2) is 0 Å². The second-order valence-electron chi connectivity index (χ2n) is 4.07. The molecule has 0 bridgehead atoms. The fraction of sp³-hybridized carbons (Fsp3) is 1.00. The largest absolute Gasteiger partial charge is 0.396 e. The quantitative estimate of drug-likeness (QED) is 0.710. The van der Waals surface area contributed by atoms with Crippen LogP contribution in [-0.2, 0) is 0 Å². The number of aliphatic hydroxyl groups excluding tert-OH is 1. The summed E-state index contributed by atoms with van der Waals surface area (Å²) in [7, 11) is 0. The highest BCUT2D eigenvalue weighted by molar-refractivity contribution is 4.80. The number of aliphatic hydroxyl groups is 1. The van der Waals surface area contributed by atoms with Crippen molar-refractivity contribution in [3.63, 3.8) is 0 Å². The Bertz CT molecular complexity index is 152. The van der Waals surface area contributed by atoms with Crippen LogP contribution in [0.5, 0.6) is 0 Å². The van der Waals surface area contributed by atoms with Gasteiger partial charge in [0.1, 0.15) is 0 Å². The van der Waals surface area contributed by atoms with Crippen LogP contribution < -0.4 is 0 Å². The van der Waals surface area contributed by atoms with E-state index < -0.39 is 0 Å². The van der Waals surface area contributed by atoms with E-state index in [9.17, 15) is 0 Å². The van der Waals surface area contributed by atoms with Gasteiger partial charge in [-0.15, -0.1) is 0 Å². The smallest absolute Gasteiger partial charge is 0.0443 e. The third-order valence-electron chi connectivity index (χ3n) is 3.20. The summed E-state index contributed by atoms with van der Waals surface area (Å²) in [5.41, 5.74) is 0. The van der Waals surface area contributed by atoms with E-state index in [1.807, 2.05) is 0 Å². The fourth-order valence-electron chi connectivity index (χ4n) is 2.26. The Labute approximate surface area is 87.7 Å². The molecule has 1 N–H and O–H groups in total. The number of hydrogen-bond acceptors (Lipinski definition) is 3. The molecule has 1 saturated heterocycles. The monoisotopic (exact) mass is 200 g/mol. The first kappa shape index (κ1) is 12.0.